The van der Waals surface area contributed by atoms with Gasteiger partial charge in [0.05, 0.1) is 5.69 Å². The van der Waals surface area contributed by atoms with E-state index in [2.05, 4.69) is 23.9 Å². The molecule has 0 spiro atoms. The Labute approximate surface area is 117 Å². The van der Waals surface area contributed by atoms with Crippen molar-refractivity contribution in [2.24, 2.45) is 7.05 Å². The van der Waals surface area contributed by atoms with Gasteiger partial charge in [-0.25, -0.2) is 0 Å². The molecule has 20 heavy (non-hydrogen) atoms. The molecule has 0 atom stereocenters. The Hall–Kier alpha value is -2.36. The number of pyridine rings is 1. The summed E-state index contributed by atoms with van der Waals surface area (Å²) in [4.78, 5) is 14.4. The molecular weight excluding hydrogens is 250 g/mol. The van der Waals surface area contributed by atoms with Gasteiger partial charge in [0.15, 0.2) is 0 Å². The summed E-state index contributed by atoms with van der Waals surface area (Å²) in [7, 11) is 1.93. The lowest BCUT2D eigenvalue weighted by atomic mass is 9.98. The zero-order valence-corrected chi connectivity index (χ0v) is 11.8. The van der Waals surface area contributed by atoms with Crippen LogP contribution in [0.2, 0.25) is 0 Å². The molecular formula is C16H17N3O. The van der Waals surface area contributed by atoms with Gasteiger partial charge in [-0.2, -0.15) is 5.10 Å². The Balaban J connectivity index is 2.23. The van der Waals surface area contributed by atoms with E-state index in [1.807, 2.05) is 42.2 Å². The SMILES string of the molecule is CC(C)c1nn(C)cc1-c1ccc2c(=O)[nH]ccc2c1. The maximum atomic E-state index is 11.7. The normalized spacial score (nSPS) is 11.4. The van der Waals surface area contributed by atoms with Crippen LogP contribution in [-0.4, -0.2) is 14.8 Å². The molecule has 4 nitrogen and oxygen atoms in total. The molecule has 0 fully saturated rings. The van der Waals surface area contributed by atoms with Gasteiger partial charge in [-0.1, -0.05) is 19.9 Å². The second kappa shape index (κ2) is 4.63. The molecule has 1 aromatic carbocycles. The fourth-order valence-electron chi connectivity index (χ4n) is 2.51. The van der Waals surface area contributed by atoms with Crippen LogP contribution in [0.1, 0.15) is 25.5 Å². The van der Waals surface area contributed by atoms with E-state index in [9.17, 15) is 4.79 Å². The minimum atomic E-state index is -0.0516. The van der Waals surface area contributed by atoms with Crippen molar-refractivity contribution in [1.82, 2.24) is 14.8 Å². The maximum absolute atomic E-state index is 11.7. The van der Waals surface area contributed by atoms with Gasteiger partial charge in [0, 0.05) is 30.4 Å². The highest BCUT2D eigenvalue weighted by Gasteiger charge is 2.13. The van der Waals surface area contributed by atoms with Gasteiger partial charge < -0.3 is 4.98 Å². The van der Waals surface area contributed by atoms with Gasteiger partial charge in [-0.05, 0) is 35.1 Å². The zero-order valence-electron chi connectivity index (χ0n) is 11.8. The van der Waals surface area contributed by atoms with Crippen LogP contribution in [0.4, 0.5) is 0 Å². The molecule has 102 valence electrons. The van der Waals surface area contributed by atoms with Gasteiger partial charge in [-0.3, -0.25) is 9.48 Å². The molecule has 0 aliphatic rings. The van der Waals surface area contributed by atoms with Gasteiger partial charge >= 0.3 is 0 Å². The summed E-state index contributed by atoms with van der Waals surface area (Å²) >= 11 is 0. The van der Waals surface area contributed by atoms with E-state index in [0.717, 1.165) is 22.2 Å². The summed E-state index contributed by atoms with van der Waals surface area (Å²) in [5.41, 5.74) is 3.26. The number of rotatable bonds is 2. The molecule has 2 aromatic heterocycles. The van der Waals surface area contributed by atoms with E-state index >= 15 is 0 Å². The first kappa shape index (κ1) is 12.7. The van der Waals surface area contributed by atoms with Crippen molar-refractivity contribution in [1.29, 1.82) is 0 Å². The van der Waals surface area contributed by atoms with Crippen LogP contribution in [0.3, 0.4) is 0 Å². The average molecular weight is 267 g/mol. The van der Waals surface area contributed by atoms with E-state index < -0.39 is 0 Å². The third-order valence-electron chi connectivity index (χ3n) is 3.49. The molecule has 0 radical (unpaired) electrons. The lowest BCUT2D eigenvalue weighted by Crippen LogP contribution is -2.04. The third-order valence-corrected chi connectivity index (χ3v) is 3.49. The molecule has 0 bridgehead atoms. The molecule has 0 saturated heterocycles. The minimum Gasteiger partial charge on any atom is -0.329 e. The standard InChI is InChI=1S/C16H17N3O/c1-10(2)15-14(9-19(3)18-15)11-4-5-13-12(8-11)6-7-17-16(13)20/h4-10H,1-3H3,(H,17,20). The van der Waals surface area contributed by atoms with Crippen LogP contribution < -0.4 is 5.56 Å². The Morgan fingerprint density at radius 3 is 2.80 bits per heavy atom. The monoisotopic (exact) mass is 267 g/mol. The predicted octanol–water partition coefficient (Wildman–Crippen LogP) is 3.05. The number of aromatic amines is 1. The molecule has 0 unspecified atom stereocenters. The number of hydrogen-bond donors (Lipinski definition) is 1. The van der Waals surface area contributed by atoms with Crippen molar-refractivity contribution in [3.8, 4) is 11.1 Å². The molecule has 3 rings (SSSR count). The molecule has 0 aliphatic heterocycles. The molecule has 0 amide bonds. The smallest absolute Gasteiger partial charge is 0.255 e. The highest BCUT2D eigenvalue weighted by atomic mass is 16.1. The number of H-pyrrole nitrogens is 1. The predicted molar refractivity (Wildman–Crippen MR) is 80.9 cm³/mol. The van der Waals surface area contributed by atoms with E-state index in [0.29, 0.717) is 11.3 Å². The van der Waals surface area contributed by atoms with Crippen molar-refractivity contribution < 1.29 is 0 Å². The minimum absolute atomic E-state index is 0.0516. The molecule has 0 aliphatic carbocycles. The summed E-state index contributed by atoms with van der Waals surface area (Å²) in [6, 6.07) is 7.83. The number of fused-ring (bicyclic) bond motifs is 1. The van der Waals surface area contributed by atoms with E-state index in [4.69, 9.17) is 0 Å². The lowest BCUT2D eigenvalue weighted by molar-refractivity contribution is 0.713. The number of hydrogen-bond acceptors (Lipinski definition) is 2. The Morgan fingerprint density at radius 2 is 2.05 bits per heavy atom. The summed E-state index contributed by atoms with van der Waals surface area (Å²) < 4.78 is 1.84. The van der Waals surface area contributed by atoms with Crippen molar-refractivity contribution in [2.75, 3.05) is 0 Å². The average Bonchev–Trinajstić information content (AvgIpc) is 2.81. The topological polar surface area (TPSA) is 50.7 Å². The quantitative estimate of drug-likeness (QED) is 0.775. The summed E-state index contributed by atoms with van der Waals surface area (Å²) in [6.45, 7) is 4.27. The summed E-state index contributed by atoms with van der Waals surface area (Å²) in [6.07, 6.45) is 3.71. The first-order chi connectivity index (χ1) is 9.56. The van der Waals surface area contributed by atoms with Gasteiger partial charge in [0.25, 0.3) is 5.56 Å². The second-order valence-electron chi connectivity index (χ2n) is 5.37. The van der Waals surface area contributed by atoms with Crippen molar-refractivity contribution in [3.63, 3.8) is 0 Å². The van der Waals surface area contributed by atoms with E-state index in [-0.39, 0.29) is 5.56 Å². The Kier molecular flexibility index (Phi) is 2.93. The van der Waals surface area contributed by atoms with Crippen LogP contribution in [0.25, 0.3) is 21.9 Å². The maximum Gasteiger partial charge on any atom is 0.255 e. The van der Waals surface area contributed by atoms with Crippen LogP contribution in [-0.2, 0) is 7.05 Å². The first-order valence-electron chi connectivity index (χ1n) is 6.71. The number of nitrogens with zero attached hydrogens (tertiary/aromatic N) is 2. The van der Waals surface area contributed by atoms with Crippen LogP contribution in [0, 0.1) is 0 Å². The van der Waals surface area contributed by atoms with Crippen LogP contribution in [0.15, 0.2) is 41.5 Å². The van der Waals surface area contributed by atoms with E-state index in [1.54, 1.807) is 6.20 Å². The zero-order chi connectivity index (χ0) is 14.3. The fraction of sp³-hybridized carbons (Fsp3) is 0.250. The fourth-order valence-corrected chi connectivity index (χ4v) is 2.51. The third kappa shape index (κ3) is 2.03. The highest BCUT2D eigenvalue weighted by molar-refractivity contribution is 5.86. The molecule has 4 heteroatoms. The number of nitrogens with one attached hydrogen (secondary N) is 1. The summed E-state index contributed by atoms with van der Waals surface area (Å²) in [5, 5.41) is 6.20. The largest absolute Gasteiger partial charge is 0.329 e. The first-order valence-corrected chi connectivity index (χ1v) is 6.71. The Morgan fingerprint density at radius 1 is 1.25 bits per heavy atom. The van der Waals surface area contributed by atoms with Gasteiger partial charge in [0.1, 0.15) is 0 Å². The van der Waals surface area contributed by atoms with Crippen molar-refractivity contribution >= 4 is 10.8 Å². The molecule has 0 saturated carbocycles. The number of aromatic nitrogens is 3. The number of benzene rings is 1. The van der Waals surface area contributed by atoms with Crippen molar-refractivity contribution in [3.05, 3.63) is 52.7 Å². The number of aryl methyl sites for hydroxylation is 1. The molecule has 2 heterocycles. The van der Waals surface area contributed by atoms with E-state index in [1.165, 1.54) is 0 Å². The Bertz CT molecular complexity index is 827. The lowest BCUT2D eigenvalue weighted by Gasteiger charge is -2.06. The van der Waals surface area contributed by atoms with Crippen LogP contribution in [0.5, 0.6) is 0 Å². The molecule has 1 N–H and O–H groups in total. The van der Waals surface area contributed by atoms with Crippen molar-refractivity contribution in [2.45, 2.75) is 19.8 Å². The second-order valence-corrected chi connectivity index (χ2v) is 5.37. The van der Waals surface area contributed by atoms with Gasteiger partial charge in [-0.15, -0.1) is 0 Å². The molecule has 3 aromatic rings. The van der Waals surface area contributed by atoms with Crippen LogP contribution >= 0.6 is 0 Å². The summed E-state index contributed by atoms with van der Waals surface area (Å²) in [5.74, 6) is 0.362. The highest BCUT2D eigenvalue weighted by Crippen LogP contribution is 2.29. The van der Waals surface area contributed by atoms with Gasteiger partial charge in [0.2, 0.25) is 0 Å².